The fraction of sp³-hybridized carbons (Fsp3) is 0.250. The predicted molar refractivity (Wildman–Crippen MR) is 95.9 cm³/mol. The van der Waals surface area contributed by atoms with Crippen LogP contribution in [0.1, 0.15) is 22.5 Å². The number of aromatic nitrogens is 1. The maximum atomic E-state index is 14.1. The summed E-state index contributed by atoms with van der Waals surface area (Å²) in [7, 11) is 1.33. The molecule has 0 aliphatic carbocycles. The highest BCUT2D eigenvalue weighted by Gasteiger charge is 2.25. The first-order valence-electron chi connectivity index (χ1n) is 7.33. The number of nitrogens with one attached hydrogen (secondary N) is 2. The first-order valence-corrected chi connectivity index (χ1v) is 8.41. The molecule has 6 nitrogen and oxygen atoms in total. The fourth-order valence-corrected chi connectivity index (χ4v) is 3.29. The van der Waals surface area contributed by atoms with Gasteiger partial charge in [-0.25, -0.2) is 9.87 Å². The third kappa shape index (κ3) is 3.16. The van der Waals surface area contributed by atoms with Crippen LogP contribution in [-0.2, 0) is 17.8 Å². The number of hydrogen-bond acceptors (Lipinski definition) is 4. The zero-order valence-corrected chi connectivity index (χ0v) is 15.0. The van der Waals surface area contributed by atoms with Crippen LogP contribution in [-0.4, -0.2) is 17.6 Å². The first-order chi connectivity index (χ1) is 11.5. The Balaban J connectivity index is 2.11. The summed E-state index contributed by atoms with van der Waals surface area (Å²) in [4.78, 5) is 29.3. The molecule has 1 aromatic carbocycles. The molecule has 0 radical (unpaired) electrons. The molecule has 0 spiro atoms. The molecule has 0 atom stereocenters. The van der Waals surface area contributed by atoms with Gasteiger partial charge in [-0.2, -0.15) is 0 Å². The molecular weight excluding hydrogens is 428 g/mol. The monoisotopic (exact) mass is 443 g/mol. The van der Waals surface area contributed by atoms with Crippen LogP contribution in [0.2, 0.25) is 0 Å². The van der Waals surface area contributed by atoms with Gasteiger partial charge in [-0.15, -0.1) is 0 Å². The molecule has 1 aliphatic heterocycles. The third-order valence-electron chi connectivity index (χ3n) is 3.84. The molecule has 3 rings (SSSR count). The number of amides is 1. The van der Waals surface area contributed by atoms with Crippen LogP contribution < -0.4 is 16.4 Å². The van der Waals surface area contributed by atoms with Gasteiger partial charge in [0.25, 0.3) is 11.5 Å². The molecule has 0 bridgehead atoms. The number of carbonyl (C=O) groups is 1. The molecule has 0 saturated heterocycles. The summed E-state index contributed by atoms with van der Waals surface area (Å²) in [5.74, 6) is -0.933. The quantitative estimate of drug-likeness (QED) is 0.563. The van der Waals surface area contributed by atoms with Crippen molar-refractivity contribution >= 4 is 39.9 Å². The zero-order chi connectivity index (χ0) is 17.3. The van der Waals surface area contributed by atoms with Crippen LogP contribution >= 0.6 is 22.6 Å². The minimum atomic E-state index is -0.475. The van der Waals surface area contributed by atoms with Gasteiger partial charge in [-0.1, -0.05) is 0 Å². The Kier molecular flexibility index (Phi) is 4.86. The van der Waals surface area contributed by atoms with E-state index in [1.165, 1.54) is 19.2 Å². The summed E-state index contributed by atoms with van der Waals surface area (Å²) >= 11 is 2.01. The number of fused-ring (bicyclic) bond motifs is 1. The maximum absolute atomic E-state index is 14.1. The third-order valence-corrected chi connectivity index (χ3v) is 4.51. The summed E-state index contributed by atoms with van der Waals surface area (Å²) < 4.78 is 16.4. The lowest BCUT2D eigenvalue weighted by molar-refractivity contribution is 0.0537. The number of nitrogens with zero attached hydrogens (tertiary/aromatic N) is 1. The Bertz CT molecular complexity index is 866. The molecule has 24 heavy (non-hydrogen) atoms. The molecule has 8 heteroatoms. The number of benzene rings is 1. The molecule has 0 fully saturated rings. The van der Waals surface area contributed by atoms with Crippen molar-refractivity contribution in [1.82, 2.24) is 10.0 Å². The highest BCUT2D eigenvalue weighted by molar-refractivity contribution is 14.1. The minimum absolute atomic E-state index is 0.198. The number of hydrogen-bond donors (Lipinski definition) is 2. The van der Waals surface area contributed by atoms with E-state index in [1.54, 1.807) is 16.7 Å². The average molecular weight is 443 g/mol. The second kappa shape index (κ2) is 6.89. The van der Waals surface area contributed by atoms with E-state index >= 15 is 0 Å². The Morgan fingerprint density at radius 2 is 2.12 bits per heavy atom. The molecule has 1 aliphatic rings. The van der Waals surface area contributed by atoms with E-state index in [2.05, 4.69) is 10.8 Å². The van der Waals surface area contributed by atoms with Crippen molar-refractivity contribution in [3.05, 3.63) is 55.3 Å². The number of pyridine rings is 1. The Hall–Kier alpha value is -1.94. The van der Waals surface area contributed by atoms with Gasteiger partial charge in [0.2, 0.25) is 0 Å². The molecule has 2 N–H and O–H groups in total. The van der Waals surface area contributed by atoms with Gasteiger partial charge in [0.15, 0.2) is 0 Å². The second-order valence-corrected chi connectivity index (χ2v) is 6.60. The van der Waals surface area contributed by atoms with E-state index in [0.717, 1.165) is 9.99 Å². The standard InChI is InChI=1S/C16H15FIN3O3/c1-24-20-16(23)15-12(8-14(22)21-6-2-3-13(15)21)19-11-5-4-9(18)7-10(11)17/h4-5,7-8,19H,2-3,6H2,1H3,(H,20,23). The molecule has 0 saturated carbocycles. The normalized spacial score (nSPS) is 12.8. The number of anilines is 2. The maximum Gasteiger partial charge on any atom is 0.278 e. The van der Waals surface area contributed by atoms with Crippen molar-refractivity contribution in [2.45, 2.75) is 19.4 Å². The first kappa shape index (κ1) is 16.9. The molecule has 2 aromatic rings. The lowest BCUT2D eigenvalue weighted by Gasteiger charge is -2.16. The summed E-state index contributed by atoms with van der Waals surface area (Å²) in [6.07, 6.45) is 1.39. The van der Waals surface area contributed by atoms with Gasteiger partial charge in [-0.3, -0.25) is 14.4 Å². The van der Waals surface area contributed by atoms with Crippen LogP contribution in [0.4, 0.5) is 15.8 Å². The fourth-order valence-electron chi connectivity index (χ4n) is 2.84. The topological polar surface area (TPSA) is 72.4 Å². The van der Waals surface area contributed by atoms with E-state index in [-0.39, 0.29) is 16.9 Å². The van der Waals surface area contributed by atoms with Gasteiger partial charge in [0.1, 0.15) is 5.82 Å². The number of rotatable bonds is 4. The van der Waals surface area contributed by atoms with Gasteiger partial charge < -0.3 is 9.88 Å². The number of hydroxylamine groups is 1. The molecule has 2 heterocycles. The molecule has 126 valence electrons. The Morgan fingerprint density at radius 3 is 2.83 bits per heavy atom. The largest absolute Gasteiger partial charge is 0.352 e. The Labute approximate surface area is 151 Å². The Morgan fingerprint density at radius 1 is 1.33 bits per heavy atom. The summed E-state index contributed by atoms with van der Waals surface area (Å²) in [5, 5.41) is 2.87. The highest BCUT2D eigenvalue weighted by Crippen LogP contribution is 2.28. The molecule has 0 unspecified atom stereocenters. The van der Waals surface area contributed by atoms with Crippen molar-refractivity contribution < 1.29 is 14.0 Å². The molecule has 1 aromatic heterocycles. The highest BCUT2D eigenvalue weighted by atomic mass is 127. The summed E-state index contributed by atoms with van der Waals surface area (Å²) in [5.41, 5.74) is 3.45. The van der Waals surface area contributed by atoms with Crippen LogP contribution in [0.5, 0.6) is 0 Å². The van der Waals surface area contributed by atoms with Crippen molar-refractivity contribution in [2.24, 2.45) is 0 Å². The van der Waals surface area contributed by atoms with Crippen molar-refractivity contribution in [3.63, 3.8) is 0 Å². The number of carbonyl (C=O) groups excluding carboxylic acids is 1. The van der Waals surface area contributed by atoms with Crippen LogP contribution in [0.3, 0.4) is 0 Å². The zero-order valence-electron chi connectivity index (χ0n) is 12.9. The van der Waals surface area contributed by atoms with Gasteiger partial charge in [-0.05, 0) is 53.6 Å². The van der Waals surface area contributed by atoms with Crippen molar-refractivity contribution in [2.75, 3.05) is 12.4 Å². The van der Waals surface area contributed by atoms with E-state index in [9.17, 15) is 14.0 Å². The average Bonchev–Trinajstić information content (AvgIpc) is 3.00. The van der Waals surface area contributed by atoms with Crippen LogP contribution in [0, 0.1) is 9.39 Å². The second-order valence-electron chi connectivity index (χ2n) is 5.36. The van der Waals surface area contributed by atoms with E-state index < -0.39 is 11.7 Å². The SMILES string of the molecule is CONC(=O)c1c(Nc2ccc(I)cc2F)cc(=O)n2c1CCC2. The van der Waals surface area contributed by atoms with Crippen molar-refractivity contribution in [3.8, 4) is 0 Å². The van der Waals surface area contributed by atoms with Gasteiger partial charge in [0, 0.05) is 21.9 Å². The van der Waals surface area contributed by atoms with E-state index in [1.807, 2.05) is 22.6 Å². The minimum Gasteiger partial charge on any atom is -0.352 e. The molecule has 1 amide bonds. The van der Waals surface area contributed by atoms with E-state index in [4.69, 9.17) is 4.84 Å². The summed E-state index contributed by atoms with van der Waals surface area (Å²) in [6.45, 7) is 0.569. The van der Waals surface area contributed by atoms with E-state index in [0.29, 0.717) is 24.2 Å². The lowest BCUT2D eigenvalue weighted by atomic mass is 10.1. The van der Waals surface area contributed by atoms with Crippen LogP contribution in [0.15, 0.2) is 29.1 Å². The smallest absolute Gasteiger partial charge is 0.278 e. The van der Waals surface area contributed by atoms with Crippen LogP contribution in [0.25, 0.3) is 0 Å². The summed E-state index contributed by atoms with van der Waals surface area (Å²) in [6, 6.07) is 6.00. The number of halogens is 2. The molecular formula is C16H15FIN3O3. The van der Waals surface area contributed by atoms with Gasteiger partial charge >= 0.3 is 0 Å². The lowest BCUT2D eigenvalue weighted by Crippen LogP contribution is -2.29. The van der Waals surface area contributed by atoms with Gasteiger partial charge in [0.05, 0.1) is 24.0 Å². The predicted octanol–water partition coefficient (Wildman–Crippen LogP) is 2.57. The van der Waals surface area contributed by atoms with Crippen molar-refractivity contribution in [1.29, 1.82) is 0 Å².